The van der Waals surface area contributed by atoms with Gasteiger partial charge in [-0.1, -0.05) is 6.92 Å². The standard InChI is InChI=1S/C12H21N3O2/c1-4-10(16)6-7-13-12-14-9(3)8-11(15-12)17-5-2/h8,10,16H,4-7H2,1-3H3,(H,13,14,15). The Morgan fingerprint density at radius 2 is 2.18 bits per heavy atom. The van der Waals surface area contributed by atoms with E-state index in [1.54, 1.807) is 6.07 Å². The maximum atomic E-state index is 9.42. The summed E-state index contributed by atoms with van der Waals surface area (Å²) in [6.45, 7) is 7.02. The van der Waals surface area contributed by atoms with Crippen molar-refractivity contribution in [1.29, 1.82) is 0 Å². The molecule has 0 bridgehead atoms. The van der Waals surface area contributed by atoms with Crippen LogP contribution in [0.2, 0.25) is 0 Å². The van der Waals surface area contributed by atoms with Gasteiger partial charge in [-0.2, -0.15) is 4.98 Å². The number of rotatable bonds is 7. The molecule has 0 amide bonds. The summed E-state index contributed by atoms with van der Waals surface area (Å²) in [5.74, 6) is 1.13. The van der Waals surface area contributed by atoms with Crippen molar-refractivity contribution in [3.05, 3.63) is 11.8 Å². The summed E-state index contributed by atoms with van der Waals surface area (Å²) < 4.78 is 5.34. The molecule has 0 aliphatic rings. The highest BCUT2D eigenvalue weighted by atomic mass is 16.5. The predicted octanol–water partition coefficient (Wildman–Crippen LogP) is 1.76. The Hall–Kier alpha value is -1.36. The second-order valence-electron chi connectivity index (χ2n) is 3.88. The van der Waals surface area contributed by atoms with Gasteiger partial charge in [0.15, 0.2) is 0 Å². The van der Waals surface area contributed by atoms with Gasteiger partial charge in [0.2, 0.25) is 11.8 Å². The van der Waals surface area contributed by atoms with E-state index in [1.165, 1.54) is 0 Å². The van der Waals surface area contributed by atoms with Crippen LogP contribution in [0.4, 0.5) is 5.95 Å². The molecule has 0 aromatic carbocycles. The van der Waals surface area contributed by atoms with Crippen molar-refractivity contribution >= 4 is 5.95 Å². The molecule has 0 aliphatic carbocycles. The van der Waals surface area contributed by atoms with E-state index in [4.69, 9.17) is 4.74 Å². The zero-order valence-corrected chi connectivity index (χ0v) is 10.7. The fourth-order valence-corrected chi connectivity index (χ4v) is 1.40. The normalized spacial score (nSPS) is 12.2. The first kappa shape index (κ1) is 13.7. The molecule has 2 N–H and O–H groups in total. The van der Waals surface area contributed by atoms with Crippen LogP contribution in [0.3, 0.4) is 0 Å². The zero-order valence-electron chi connectivity index (χ0n) is 10.7. The van der Waals surface area contributed by atoms with E-state index >= 15 is 0 Å². The molecule has 96 valence electrons. The first-order chi connectivity index (χ1) is 8.15. The van der Waals surface area contributed by atoms with Crippen LogP contribution >= 0.6 is 0 Å². The molecule has 17 heavy (non-hydrogen) atoms. The van der Waals surface area contributed by atoms with Crippen molar-refractivity contribution < 1.29 is 9.84 Å². The lowest BCUT2D eigenvalue weighted by Crippen LogP contribution is -2.14. The van der Waals surface area contributed by atoms with Crippen molar-refractivity contribution in [1.82, 2.24) is 9.97 Å². The molecule has 1 unspecified atom stereocenters. The van der Waals surface area contributed by atoms with E-state index in [9.17, 15) is 5.11 Å². The Bertz CT molecular complexity index is 345. The minimum atomic E-state index is -0.265. The Kier molecular flexibility index (Phi) is 5.69. The largest absolute Gasteiger partial charge is 0.478 e. The van der Waals surface area contributed by atoms with Gasteiger partial charge in [-0.25, -0.2) is 4.98 Å². The van der Waals surface area contributed by atoms with Crippen molar-refractivity contribution in [2.75, 3.05) is 18.5 Å². The van der Waals surface area contributed by atoms with Crippen LogP contribution in [0, 0.1) is 6.92 Å². The van der Waals surface area contributed by atoms with Gasteiger partial charge in [0.25, 0.3) is 0 Å². The Morgan fingerprint density at radius 3 is 2.82 bits per heavy atom. The molecule has 0 aliphatic heterocycles. The number of ether oxygens (including phenoxy) is 1. The van der Waals surface area contributed by atoms with Crippen LogP contribution in [-0.4, -0.2) is 34.3 Å². The molecule has 1 atom stereocenters. The molecule has 0 saturated carbocycles. The third kappa shape index (κ3) is 4.99. The van der Waals surface area contributed by atoms with E-state index in [0.717, 1.165) is 12.1 Å². The molecule has 0 radical (unpaired) electrons. The molecular weight excluding hydrogens is 218 g/mol. The fraction of sp³-hybridized carbons (Fsp3) is 0.667. The number of aromatic nitrogens is 2. The van der Waals surface area contributed by atoms with E-state index in [-0.39, 0.29) is 6.10 Å². The minimum Gasteiger partial charge on any atom is -0.478 e. The van der Waals surface area contributed by atoms with Gasteiger partial charge in [-0.3, -0.25) is 0 Å². The van der Waals surface area contributed by atoms with Crippen molar-refractivity contribution in [2.24, 2.45) is 0 Å². The fourth-order valence-electron chi connectivity index (χ4n) is 1.40. The molecular formula is C12H21N3O2. The number of hydrogen-bond donors (Lipinski definition) is 2. The summed E-state index contributed by atoms with van der Waals surface area (Å²) in [5, 5.41) is 12.5. The van der Waals surface area contributed by atoms with Gasteiger partial charge >= 0.3 is 0 Å². The van der Waals surface area contributed by atoms with Gasteiger partial charge in [0, 0.05) is 18.3 Å². The lowest BCUT2D eigenvalue weighted by atomic mass is 10.2. The maximum Gasteiger partial charge on any atom is 0.226 e. The van der Waals surface area contributed by atoms with Crippen LogP contribution in [-0.2, 0) is 0 Å². The monoisotopic (exact) mass is 239 g/mol. The summed E-state index contributed by atoms with van der Waals surface area (Å²) in [4.78, 5) is 8.47. The van der Waals surface area contributed by atoms with E-state index in [0.29, 0.717) is 31.4 Å². The lowest BCUT2D eigenvalue weighted by Gasteiger charge is -2.10. The first-order valence-corrected chi connectivity index (χ1v) is 6.06. The Morgan fingerprint density at radius 1 is 1.41 bits per heavy atom. The van der Waals surface area contributed by atoms with Gasteiger partial charge in [0.1, 0.15) is 0 Å². The van der Waals surface area contributed by atoms with Crippen LogP contribution in [0.5, 0.6) is 5.88 Å². The molecule has 0 saturated heterocycles. The third-order valence-corrected chi connectivity index (χ3v) is 2.35. The number of aryl methyl sites for hydroxylation is 1. The summed E-state index contributed by atoms with van der Waals surface area (Å²) in [6, 6.07) is 1.80. The van der Waals surface area contributed by atoms with Gasteiger partial charge in [0.05, 0.1) is 12.7 Å². The van der Waals surface area contributed by atoms with E-state index in [2.05, 4.69) is 15.3 Å². The quantitative estimate of drug-likeness (QED) is 0.759. The smallest absolute Gasteiger partial charge is 0.226 e. The van der Waals surface area contributed by atoms with Crippen molar-refractivity contribution in [3.63, 3.8) is 0 Å². The van der Waals surface area contributed by atoms with Gasteiger partial charge in [-0.15, -0.1) is 0 Å². The van der Waals surface area contributed by atoms with E-state index in [1.807, 2.05) is 20.8 Å². The molecule has 5 nitrogen and oxygen atoms in total. The maximum absolute atomic E-state index is 9.42. The first-order valence-electron chi connectivity index (χ1n) is 6.06. The molecule has 0 fully saturated rings. The van der Waals surface area contributed by atoms with Gasteiger partial charge < -0.3 is 15.2 Å². The zero-order chi connectivity index (χ0) is 12.7. The molecule has 1 heterocycles. The topological polar surface area (TPSA) is 67.3 Å². The Balaban J connectivity index is 2.52. The lowest BCUT2D eigenvalue weighted by molar-refractivity contribution is 0.164. The van der Waals surface area contributed by atoms with Gasteiger partial charge in [-0.05, 0) is 26.7 Å². The van der Waals surface area contributed by atoms with Crippen LogP contribution in [0.15, 0.2) is 6.07 Å². The van der Waals surface area contributed by atoms with Crippen LogP contribution in [0.1, 0.15) is 32.4 Å². The second-order valence-corrected chi connectivity index (χ2v) is 3.88. The van der Waals surface area contributed by atoms with E-state index < -0.39 is 0 Å². The summed E-state index contributed by atoms with van der Waals surface area (Å²) >= 11 is 0. The minimum absolute atomic E-state index is 0.265. The number of aliphatic hydroxyl groups excluding tert-OH is 1. The highest BCUT2D eigenvalue weighted by Gasteiger charge is 2.04. The SMILES string of the molecule is CCOc1cc(C)nc(NCCC(O)CC)n1. The highest BCUT2D eigenvalue weighted by Crippen LogP contribution is 2.12. The molecule has 0 spiro atoms. The third-order valence-electron chi connectivity index (χ3n) is 2.35. The van der Waals surface area contributed by atoms with Crippen LogP contribution < -0.4 is 10.1 Å². The summed E-state index contributed by atoms with van der Waals surface area (Å²) in [5.41, 5.74) is 0.863. The number of nitrogens with one attached hydrogen (secondary N) is 1. The number of hydrogen-bond acceptors (Lipinski definition) is 5. The second kappa shape index (κ2) is 7.06. The summed E-state index contributed by atoms with van der Waals surface area (Å²) in [6.07, 6.45) is 1.19. The number of aliphatic hydroxyl groups is 1. The molecule has 5 heteroatoms. The Labute approximate surface area is 102 Å². The summed E-state index contributed by atoms with van der Waals surface area (Å²) in [7, 11) is 0. The molecule has 1 rings (SSSR count). The average Bonchev–Trinajstić information content (AvgIpc) is 2.28. The van der Waals surface area contributed by atoms with Crippen LogP contribution in [0.25, 0.3) is 0 Å². The van der Waals surface area contributed by atoms with Crippen molar-refractivity contribution in [2.45, 2.75) is 39.7 Å². The molecule has 1 aromatic rings. The van der Waals surface area contributed by atoms with Crippen molar-refractivity contribution in [3.8, 4) is 5.88 Å². The predicted molar refractivity (Wildman–Crippen MR) is 67.3 cm³/mol. The molecule has 1 aromatic heterocycles. The highest BCUT2D eigenvalue weighted by molar-refractivity contribution is 5.30. The average molecular weight is 239 g/mol. The number of anilines is 1. The number of nitrogens with zero attached hydrogens (tertiary/aromatic N) is 2.